The molecule has 0 saturated heterocycles. The molecule has 0 aromatic heterocycles. The Hall–Kier alpha value is -2.14. The molecule has 0 saturated carbocycles. The van der Waals surface area contributed by atoms with Crippen LogP contribution in [-0.2, 0) is 4.79 Å². The van der Waals surface area contributed by atoms with E-state index < -0.39 is 0 Å². The van der Waals surface area contributed by atoms with E-state index in [9.17, 15) is 4.79 Å². The molecule has 0 aliphatic rings. The van der Waals surface area contributed by atoms with Crippen molar-refractivity contribution in [2.24, 2.45) is 0 Å². The minimum Gasteiger partial charge on any atom is -0.497 e. The summed E-state index contributed by atoms with van der Waals surface area (Å²) in [5.74, 6) is 1.21. The number of ether oxygens (including phenoxy) is 2. The number of amides is 1. The molecule has 0 radical (unpaired) electrons. The van der Waals surface area contributed by atoms with Crippen LogP contribution in [-0.4, -0.2) is 25.4 Å². The number of benzene rings is 2. The largest absolute Gasteiger partial charge is 0.497 e. The molecule has 0 bridgehead atoms. The van der Waals surface area contributed by atoms with Crippen LogP contribution < -0.4 is 14.8 Å². The van der Waals surface area contributed by atoms with Crippen LogP contribution >= 0.6 is 11.8 Å². The van der Waals surface area contributed by atoms with Gasteiger partial charge in [-0.15, -0.1) is 11.8 Å². The molecule has 0 fully saturated rings. The molecule has 22 heavy (non-hydrogen) atoms. The van der Waals surface area contributed by atoms with Crippen LogP contribution in [0.25, 0.3) is 0 Å². The van der Waals surface area contributed by atoms with Gasteiger partial charge in [-0.2, -0.15) is 0 Å². The first-order chi connectivity index (χ1) is 10.6. The second-order valence-corrected chi connectivity index (χ2v) is 6.08. The van der Waals surface area contributed by atoms with E-state index in [2.05, 4.69) is 5.32 Å². The van der Waals surface area contributed by atoms with Crippen LogP contribution in [0.15, 0.2) is 53.4 Å². The van der Waals surface area contributed by atoms with E-state index in [0.717, 1.165) is 4.90 Å². The van der Waals surface area contributed by atoms with Crippen molar-refractivity contribution in [1.82, 2.24) is 0 Å². The fourth-order valence-corrected chi connectivity index (χ4v) is 2.77. The fraction of sp³-hybridized carbons (Fsp3) is 0.235. The van der Waals surface area contributed by atoms with E-state index in [0.29, 0.717) is 17.2 Å². The first kappa shape index (κ1) is 16.2. The number of anilines is 1. The summed E-state index contributed by atoms with van der Waals surface area (Å²) in [7, 11) is 3.16. The Morgan fingerprint density at radius 1 is 1.05 bits per heavy atom. The molecule has 4 nitrogen and oxygen atoms in total. The van der Waals surface area contributed by atoms with Gasteiger partial charge in [-0.25, -0.2) is 0 Å². The quantitative estimate of drug-likeness (QED) is 0.823. The second-order valence-electron chi connectivity index (χ2n) is 4.66. The van der Waals surface area contributed by atoms with E-state index in [1.165, 1.54) is 11.8 Å². The zero-order valence-electron chi connectivity index (χ0n) is 12.8. The summed E-state index contributed by atoms with van der Waals surface area (Å²) in [6.07, 6.45) is 0. The van der Waals surface area contributed by atoms with Crippen molar-refractivity contribution in [3.8, 4) is 11.5 Å². The third-order valence-corrected chi connectivity index (χ3v) is 4.16. The molecule has 2 aromatic rings. The van der Waals surface area contributed by atoms with E-state index in [-0.39, 0.29) is 11.2 Å². The summed E-state index contributed by atoms with van der Waals surface area (Å²) in [6.45, 7) is 1.88. The van der Waals surface area contributed by atoms with Crippen LogP contribution in [0.5, 0.6) is 11.5 Å². The Kier molecular flexibility index (Phi) is 5.72. The summed E-state index contributed by atoms with van der Waals surface area (Å²) >= 11 is 1.52. The van der Waals surface area contributed by atoms with Crippen molar-refractivity contribution in [3.63, 3.8) is 0 Å². The highest BCUT2D eigenvalue weighted by Crippen LogP contribution is 2.27. The maximum Gasteiger partial charge on any atom is 0.237 e. The van der Waals surface area contributed by atoms with Crippen LogP contribution in [0.2, 0.25) is 0 Å². The second kappa shape index (κ2) is 7.75. The lowest BCUT2D eigenvalue weighted by Crippen LogP contribution is -2.22. The van der Waals surface area contributed by atoms with Gasteiger partial charge in [-0.3, -0.25) is 4.79 Å². The number of carbonyl (C=O) groups excluding carboxylic acids is 1. The molecule has 0 spiro atoms. The molecular weight excluding hydrogens is 298 g/mol. The van der Waals surface area contributed by atoms with Gasteiger partial charge in [0.25, 0.3) is 0 Å². The van der Waals surface area contributed by atoms with Crippen LogP contribution in [0, 0.1) is 0 Å². The Bertz CT molecular complexity index is 609. The Morgan fingerprint density at radius 3 is 2.18 bits per heavy atom. The molecule has 1 unspecified atom stereocenters. The maximum atomic E-state index is 12.3. The molecule has 1 atom stereocenters. The Balaban J connectivity index is 2.04. The summed E-state index contributed by atoms with van der Waals surface area (Å²) in [6, 6.07) is 15.1. The fourth-order valence-electron chi connectivity index (χ4n) is 1.88. The molecule has 116 valence electrons. The topological polar surface area (TPSA) is 47.6 Å². The van der Waals surface area contributed by atoms with Gasteiger partial charge in [0.05, 0.1) is 19.5 Å². The number of thioether (sulfide) groups is 1. The van der Waals surface area contributed by atoms with Crippen LogP contribution in [0.1, 0.15) is 6.92 Å². The van der Waals surface area contributed by atoms with Gasteiger partial charge in [0.15, 0.2) is 0 Å². The van der Waals surface area contributed by atoms with Gasteiger partial charge in [0, 0.05) is 28.8 Å². The lowest BCUT2D eigenvalue weighted by Gasteiger charge is -2.13. The number of rotatable bonds is 6. The minimum atomic E-state index is -0.209. The molecule has 1 amide bonds. The van der Waals surface area contributed by atoms with Crippen molar-refractivity contribution in [3.05, 3.63) is 48.5 Å². The zero-order chi connectivity index (χ0) is 15.9. The maximum absolute atomic E-state index is 12.3. The normalized spacial score (nSPS) is 11.6. The van der Waals surface area contributed by atoms with Crippen molar-refractivity contribution in [2.75, 3.05) is 19.5 Å². The predicted molar refractivity (Wildman–Crippen MR) is 89.9 cm³/mol. The lowest BCUT2D eigenvalue weighted by atomic mass is 10.2. The van der Waals surface area contributed by atoms with Crippen molar-refractivity contribution in [1.29, 1.82) is 0 Å². The minimum absolute atomic E-state index is 0.0656. The molecular formula is C17H19NO3S. The zero-order valence-corrected chi connectivity index (χ0v) is 13.6. The van der Waals surface area contributed by atoms with E-state index in [1.807, 2.05) is 37.3 Å². The molecule has 5 heteroatoms. The lowest BCUT2D eigenvalue weighted by molar-refractivity contribution is -0.115. The predicted octanol–water partition coefficient (Wildman–Crippen LogP) is 3.82. The summed E-state index contributed by atoms with van der Waals surface area (Å²) in [4.78, 5) is 13.4. The average molecular weight is 317 g/mol. The highest BCUT2D eigenvalue weighted by atomic mass is 32.2. The van der Waals surface area contributed by atoms with Gasteiger partial charge in [0.1, 0.15) is 11.5 Å². The third-order valence-electron chi connectivity index (χ3n) is 3.04. The van der Waals surface area contributed by atoms with Gasteiger partial charge in [-0.05, 0) is 19.1 Å². The highest BCUT2D eigenvalue weighted by Gasteiger charge is 2.15. The van der Waals surface area contributed by atoms with Gasteiger partial charge in [0.2, 0.25) is 5.91 Å². The monoisotopic (exact) mass is 317 g/mol. The third kappa shape index (κ3) is 4.43. The van der Waals surface area contributed by atoms with Crippen LogP contribution in [0.4, 0.5) is 5.69 Å². The highest BCUT2D eigenvalue weighted by molar-refractivity contribution is 8.00. The van der Waals surface area contributed by atoms with Crippen LogP contribution in [0.3, 0.4) is 0 Å². The smallest absolute Gasteiger partial charge is 0.237 e. The standard InChI is InChI=1S/C17H19NO3S/c1-12(22-16-7-5-4-6-8-16)17(19)18-13-9-14(20-2)11-15(10-13)21-3/h4-12H,1-3H3,(H,18,19). The molecule has 0 aliphatic heterocycles. The molecule has 1 N–H and O–H groups in total. The van der Waals surface area contributed by atoms with Crippen molar-refractivity contribution >= 4 is 23.4 Å². The first-order valence-electron chi connectivity index (χ1n) is 6.88. The van der Waals surface area contributed by atoms with Gasteiger partial charge in [-0.1, -0.05) is 18.2 Å². The van der Waals surface area contributed by atoms with E-state index in [1.54, 1.807) is 32.4 Å². The summed E-state index contributed by atoms with van der Waals surface area (Å²) in [5, 5.41) is 2.68. The van der Waals surface area contributed by atoms with Gasteiger partial charge < -0.3 is 14.8 Å². The van der Waals surface area contributed by atoms with E-state index in [4.69, 9.17) is 9.47 Å². The number of nitrogens with one attached hydrogen (secondary N) is 1. The Morgan fingerprint density at radius 2 is 1.64 bits per heavy atom. The first-order valence-corrected chi connectivity index (χ1v) is 7.76. The summed E-state index contributed by atoms with van der Waals surface area (Å²) < 4.78 is 10.4. The molecule has 0 aliphatic carbocycles. The molecule has 0 heterocycles. The van der Waals surface area contributed by atoms with Crippen molar-refractivity contribution < 1.29 is 14.3 Å². The number of carbonyl (C=O) groups is 1. The summed E-state index contributed by atoms with van der Waals surface area (Å²) in [5.41, 5.74) is 0.654. The van der Waals surface area contributed by atoms with E-state index >= 15 is 0 Å². The SMILES string of the molecule is COc1cc(NC(=O)C(C)Sc2ccccc2)cc(OC)c1. The number of hydrogen-bond acceptors (Lipinski definition) is 4. The number of methoxy groups -OCH3 is 2. The Labute approximate surface area is 134 Å². The van der Waals surface area contributed by atoms with Crippen molar-refractivity contribution in [2.45, 2.75) is 17.1 Å². The average Bonchev–Trinajstić information content (AvgIpc) is 2.55. The van der Waals surface area contributed by atoms with Gasteiger partial charge >= 0.3 is 0 Å². The molecule has 2 aromatic carbocycles. The number of hydrogen-bond donors (Lipinski definition) is 1. The molecule has 2 rings (SSSR count).